The molecule has 0 aliphatic rings. The first-order chi connectivity index (χ1) is 19.2. The number of hydrogen-bond donors (Lipinski definition) is 2. The summed E-state index contributed by atoms with van der Waals surface area (Å²) in [5.41, 5.74) is 3.79. The second-order valence-electron chi connectivity index (χ2n) is 9.01. The first-order valence-corrected chi connectivity index (χ1v) is 13.9. The molecule has 0 radical (unpaired) electrons. The highest BCUT2D eigenvalue weighted by Crippen LogP contribution is 2.40. The van der Waals surface area contributed by atoms with E-state index in [0.29, 0.717) is 32.6 Å². The number of aryl methyl sites for hydroxylation is 2. The third-order valence-corrected chi connectivity index (χ3v) is 7.37. The van der Waals surface area contributed by atoms with Crippen LogP contribution in [0.5, 0.6) is 5.75 Å². The van der Waals surface area contributed by atoms with Crippen LogP contribution in [-0.4, -0.2) is 30.5 Å². The Balaban J connectivity index is 1.47. The van der Waals surface area contributed by atoms with Crippen molar-refractivity contribution in [1.29, 1.82) is 0 Å². The van der Waals surface area contributed by atoms with Crippen molar-refractivity contribution < 1.29 is 23.9 Å². The normalized spacial score (nSPS) is 11.4. The smallest absolute Gasteiger partial charge is 0.341 e. The molecule has 7 nitrogen and oxygen atoms in total. The van der Waals surface area contributed by atoms with Crippen LogP contribution in [-0.2, 0) is 9.53 Å². The van der Waals surface area contributed by atoms with Crippen LogP contribution >= 0.6 is 22.9 Å². The molecule has 2 amide bonds. The van der Waals surface area contributed by atoms with E-state index in [1.54, 1.807) is 50.2 Å². The summed E-state index contributed by atoms with van der Waals surface area (Å²) in [5.74, 6) is -0.793. The van der Waals surface area contributed by atoms with Gasteiger partial charge in [0, 0.05) is 26.7 Å². The zero-order valence-corrected chi connectivity index (χ0v) is 24.1. The topological polar surface area (TPSA) is 93.7 Å². The number of ether oxygens (including phenoxy) is 2. The highest BCUT2D eigenvalue weighted by molar-refractivity contribution is 7.17. The Morgan fingerprint density at radius 2 is 1.65 bits per heavy atom. The highest BCUT2D eigenvalue weighted by atomic mass is 35.5. The molecule has 1 unspecified atom stereocenters. The lowest BCUT2D eigenvalue weighted by molar-refractivity contribution is -0.122. The molecule has 0 aliphatic carbocycles. The number of anilines is 2. The van der Waals surface area contributed by atoms with Gasteiger partial charge in [-0.3, -0.25) is 9.59 Å². The fourth-order valence-electron chi connectivity index (χ4n) is 4.06. The number of hydrogen-bond acceptors (Lipinski definition) is 6. The van der Waals surface area contributed by atoms with E-state index in [0.717, 1.165) is 21.6 Å². The molecule has 9 heteroatoms. The lowest BCUT2D eigenvalue weighted by Gasteiger charge is -2.16. The van der Waals surface area contributed by atoms with E-state index in [1.165, 1.54) is 11.3 Å². The molecule has 4 rings (SSSR count). The zero-order valence-electron chi connectivity index (χ0n) is 22.5. The minimum atomic E-state index is -0.796. The Labute approximate surface area is 242 Å². The molecule has 0 fully saturated rings. The molecule has 0 bridgehead atoms. The molecule has 3 aromatic carbocycles. The van der Waals surface area contributed by atoms with Crippen LogP contribution in [0, 0.1) is 13.8 Å². The van der Waals surface area contributed by atoms with Crippen LogP contribution in [0.25, 0.3) is 11.1 Å². The van der Waals surface area contributed by atoms with Crippen molar-refractivity contribution in [3.05, 3.63) is 99.4 Å². The Morgan fingerprint density at radius 1 is 0.950 bits per heavy atom. The summed E-state index contributed by atoms with van der Waals surface area (Å²) in [6.07, 6.45) is -0.796. The van der Waals surface area contributed by atoms with E-state index in [9.17, 15) is 14.4 Å². The van der Waals surface area contributed by atoms with Gasteiger partial charge in [0.2, 0.25) is 0 Å². The molecule has 1 heterocycles. The third kappa shape index (κ3) is 6.70. The molecule has 0 spiro atoms. The second kappa shape index (κ2) is 12.8. The van der Waals surface area contributed by atoms with Crippen LogP contribution in [0.1, 0.15) is 45.0 Å². The van der Waals surface area contributed by atoms with Crippen molar-refractivity contribution in [1.82, 2.24) is 0 Å². The largest absolute Gasteiger partial charge is 0.481 e. The minimum absolute atomic E-state index is 0.214. The molecule has 1 aromatic heterocycles. The van der Waals surface area contributed by atoms with Crippen molar-refractivity contribution in [3.8, 4) is 16.9 Å². The summed E-state index contributed by atoms with van der Waals surface area (Å²) >= 11 is 7.36. The fourth-order valence-corrected chi connectivity index (χ4v) is 5.30. The van der Waals surface area contributed by atoms with Crippen LogP contribution < -0.4 is 15.4 Å². The van der Waals surface area contributed by atoms with Gasteiger partial charge in [0.1, 0.15) is 16.3 Å². The molecule has 4 aromatic rings. The number of esters is 1. The summed E-state index contributed by atoms with van der Waals surface area (Å²) in [5, 5.41) is 6.63. The Morgan fingerprint density at radius 3 is 2.33 bits per heavy atom. The predicted molar refractivity (Wildman–Crippen MR) is 160 cm³/mol. The quantitative estimate of drug-likeness (QED) is 0.201. The number of carbonyl (C=O) groups is 3. The molecule has 0 saturated carbocycles. The SMILES string of the molecule is CCOC(=O)c1c(NC(=O)c2ccc(OC(C)C(=O)Nc3cc(Cl)ccc3C)cc2)sc(C)c1-c1ccccc1. The van der Waals surface area contributed by atoms with Gasteiger partial charge in [-0.2, -0.15) is 0 Å². The number of carbonyl (C=O) groups excluding carboxylic acids is 3. The maximum Gasteiger partial charge on any atom is 0.341 e. The van der Waals surface area contributed by atoms with Crippen LogP contribution in [0.15, 0.2) is 72.8 Å². The average Bonchev–Trinajstić information content (AvgIpc) is 3.26. The Hall–Kier alpha value is -4.14. The number of halogens is 1. The van der Waals surface area contributed by atoms with Crippen molar-refractivity contribution in [2.75, 3.05) is 17.2 Å². The average molecular weight is 577 g/mol. The molecule has 2 N–H and O–H groups in total. The minimum Gasteiger partial charge on any atom is -0.481 e. The molecular formula is C31H29ClN2O5S. The van der Waals surface area contributed by atoms with Gasteiger partial charge in [0.15, 0.2) is 6.10 Å². The van der Waals surface area contributed by atoms with Gasteiger partial charge in [-0.05, 0) is 75.2 Å². The van der Waals surface area contributed by atoms with Gasteiger partial charge < -0.3 is 20.1 Å². The van der Waals surface area contributed by atoms with Crippen molar-refractivity contribution in [2.24, 2.45) is 0 Å². The van der Waals surface area contributed by atoms with Crippen molar-refractivity contribution >= 4 is 51.4 Å². The molecule has 0 saturated heterocycles. The standard InChI is InChI=1S/C31H29ClN2O5S/c1-5-38-31(37)27-26(21-9-7-6-8-10-21)20(4)40-30(27)34-29(36)22-12-15-24(16-13-22)39-19(3)28(35)33-25-17-23(32)14-11-18(25)2/h6-17,19H,5H2,1-4H3,(H,33,35)(H,34,36). The first kappa shape index (κ1) is 28.9. The van der Waals surface area contributed by atoms with E-state index in [4.69, 9.17) is 21.1 Å². The summed E-state index contributed by atoms with van der Waals surface area (Å²) in [4.78, 5) is 39.6. The predicted octanol–water partition coefficient (Wildman–Crippen LogP) is 7.52. The lowest BCUT2D eigenvalue weighted by atomic mass is 10.0. The van der Waals surface area contributed by atoms with E-state index < -0.39 is 12.1 Å². The van der Waals surface area contributed by atoms with Gasteiger partial charge >= 0.3 is 5.97 Å². The van der Waals surface area contributed by atoms with Crippen LogP contribution in [0.2, 0.25) is 5.02 Å². The first-order valence-electron chi connectivity index (χ1n) is 12.7. The van der Waals surface area contributed by atoms with E-state index in [1.807, 2.05) is 50.2 Å². The summed E-state index contributed by atoms with van der Waals surface area (Å²) in [7, 11) is 0. The van der Waals surface area contributed by atoms with Gasteiger partial charge in [0.25, 0.3) is 11.8 Å². The lowest BCUT2D eigenvalue weighted by Crippen LogP contribution is -2.30. The Bertz CT molecular complexity index is 1530. The fraction of sp³-hybridized carbons (Fsp3) is 0.194. The number of rotatable bonds is 9. The van der Waals surface area contributed by atoms with Gasteiger partial charge in [0.05, 0.1) is 6.61 Å². The monoisotopic (exact) mass is 576 g/mol. The van der Waals surface area contributed by atoms with Gasteiger partial charge in [-0.1, -0.05) is 48.0 Å². The number of amides is 2. The van der Waals surface area contributed by atoms with Crippen LogP contribution in [0.4, 0.5) is 10.7 Å². The molecule has 40 heavy (non-hydrogen) atoms. The second-order valence-corrected chi connectivity index (χ2v) is 10.7. The molecular weight excluding hydrogens is 548 g/mol. The molecule has 0 aliphatic heterocycles. The van der Waals surface area contributed by atoms with E-state index in [2.05, 4.69) is 10.6 Å². The highest BCUT2D eigenvalue weighted by Gasteiger charge is 2.26. The Kier molecular flexibility index (Phi) is 9.24. The number of nitrogens with one attached hydrogen (secondary N) is 2. The number of benzene rings is 3. The third-order valence-electron chi connectivity index (χ3n) is 6.11. The van der Waals surface area contributed by atoms with Gasteiger partial charge in [-0.15, -0.1) is 11.3 Å². The summed E-state index contributed by atoms with van der Waals surface area (Å²) in [6, 6.07) is 21.2. The van der Waals surface area contributed by atoms with Crippen LogP contribution in [0.3, 0.4) is 0 Å². The number of thiophene rings is 1. The van der Waals surface area contributed by atoms with Crippen molar-refractivity contribution in [3.63, 3.8) is 0 Å². The maximum atomic E-state index is 13.1. The summed E-state index contributed by atoms with van der Waals surface area (Å²) in [6.45, 7) is 7.37. The molecule has 1 atom stereocenters. The van der Waals surface area contributed by atoms with Crippen molar-refractivity contribution in [2.45, 2.75) is 33.8 Å². The maximum absolute atomic E-state index is 13.1. The van der Waals surface area contributed by atoms with E-state index in [-0.39, 0.29) is 18.4 Å². The molecule has 206 valence electrons. The zero-order chi connectivity index (χ0) is 28.8. The summed E-state index contributed by atoms with van der Waals surface area (Å²) < 4.78 is 11.1. The van der Waals surface area contributed by atoms with Gasteiger partial charge in [-0.25, -0.2) is 4.79 Å². The van der Waals surface area contributed by atoms with E-state index >= 15 is 0 Å².